The Balaban J connectivity index is 1.63. The molecular weight excluding hydrogens is 418 g/mol. The number of ketones is 1. The highest BCUT2D eigenvalue weighted by Gasteiger charge is 2.36. The highest BCUT2D eigenvalue weighted by molar-refractivity contribution is 7.09. The minimum absolute atomic E-state index is 0.0176. The Hall–Kier alpha value is -3.16. The predicted molar refractivity (Wildman–Crippen MR) is 116 cm³/mol. The van der Waals surface area contributed by atoms with Crippen molar-refractivity contribution < 1.29 is 18.4 Å². The van der Waals surface area contributed by atoms with Crippen LogP contribution < -0.4 is 5.73 Å². The second-order valence-electron chi connectivity index (χ2n) is 7.36. The van der Waals surface area contributed by atoms with E-state index in [0.29, 0.717) is 5.57 Å². The Morgan fingerprint density at radius 2 is 1.87 bits per heavy atom. The Morgan fingerprint density at radius 3 is 2.58 bits per heavy atom. The molecule has 4 nitrogen and oxygen atoms in total. The number of rotatable bonds is 6. The summed E-state index contributed by atoms with van der Waals surface area (Å²) >= 11 is 1.47. The van der Waals surface area contributed by atoms with Gasteiger partial charge in [-0.1, -0.05) is 42.5 Å². The van der Waals surface area contributed by atoms with Crippen molar-refractivity contribution in [1.82, 2.24) is 4.90 Å². The van der Waals surface area contributed by atoms with Crippen LogP contribution in [0.3, 0.4) is 0 Å². The topological polar surface area (TPSA) is 63.4 Å². The van der Waals surface area contributed by atoms with Crippen molar-refractivity contribution in [2.75, 3.05) is 6.54 Å². The van der Waals surface area contributed by atoms with Gasteiger partial charge in [0.25, 0.3) is 5.91 Å². The fourth-order valence-electron chi connectivity index (χ4n) is 3.70. The normalized spacial score (nSPS) is 16.8. The number of hydrogen-bond donors (Lipinski definition) is 1. The molecule has 1 aliphatic heterocycles. The Bertz CT molecular complexity index is 1130. The average Bonchev–Trinajstić information content (AvgIpc) is 3.45. The van der Waals surface area contributed by atoms with E-state index in [1.54, 1.807) is 6.08 Å². The van der Waals surface area contributed by atoms with Gasteiger partial charge in [-0.2, -0.15) is 0 Å². The maximum absolute atomic E-state index is 14.4. The van der Waals surface area contributed by atoms with Gasteiger partial charge in [-0.3, -0.25) is 9.59 Å². The van der Waals surface area contributed by atoms with Crippen LogP contribution in [0.4, 0.5) is 8.78 Å². The van der Waals surface area contributed by atoms with Gasteiger partial charge >= 0.3 is 0 Å². The van der Waals surface area contributed by atoms with Gasteiger partial charge in [-0.05, 0) is 40.8 Å². The molecule has 3 aromatic rings. The molecule has 2 aromatic carbocycles. The summed E-state index contributed by atoms with van der Waals surface area (Å²) in [6, 6.07) is 14.5. The van der Waals surface area contributed by atoms with Gasteiger partial charge in [0, 0.05) is 23.4 Å². The first-order valence-electron chi connectivity index (χ1n) is 9.78. The number of nitrogens with two attached hydrogens (primary N) is 1. The molecule has 0 radical (unpaired) electrons. The molecule has 2 atom stereocenters. The van der Waals surface area contributed by atoms with Gasteiger partial charge in [0.1, 0.15) is 11.6 Å². The Labute approximate surface area is 182 Å². The molecule has 7 heteroatoms. The summed E-state index contributed by atoms with van der Waals surface area (Å²) in [7, 11) is 0. The maximum Gasteiger partial charge on any atom is 0.292 e. The number of hydrogen-bond acceptors (Lipinski definition) is 4. The van der Waals surface area contributed by atoms with Crippen molar-refractivity contribution in [2.24, 2.45) is 5.73 Å². The largest absolute Gasteiger partial charge is 0.321 e. The summed E-state index contributed by atoms with van der Waals surface area (Å²) in [6.07, 6.45) is 1.97. The van der Waals surface area contributed by atoms with Crippen LogP contribution >= 0.6 is 11.3 Å². The molecule has 1 aliphatic rings. The molecular formula is C24H20F2N2O2S. The summed E-state index contributed by atoms with van der Waals surface area (Å²) in [6.45, 7) is -0.0176. The molecule has 0 saturated carbocycles. The third-order valence-electron chi connectivity index (χ3n) is 5.26. The molecule has 1 aromatic heterocycles. The van der Waals surface area contributed by atoms with E-state index in [-0.39, 0.29) is 18.5 Å². The minimum atomic E-state index is -0.975. The van der Waals surface area contributed by atoms with Gasteiger partial charge in [-0.15, -0.1) is 11.3 Å². The summed E-state index contributed by atoms with van der Waals surface area (Å²) in [5, 5.41) is 1.88. The molecule has 31 heavy (non-hydrogen) atoms. The number of carbonyl (C=O) groups is 2. The first-order chi connectivity index (χ1) is 14.9. The van der Waals surface area contributed by atoms with E-state index >= 15 is 0 Å². The number of benzene rings is 2. The second kappa shape index (κ2) is 8.91. The van der Waals surface area contributed by atoms with Gasteiger partial charge in [0.15, 0.2) is 0 Å². The zero-order chi connectivity index (χ0) is 22.0. The van der Waals surface area contributed by atoms with Crippen LogP contribution in [0.5, 0.6) is 0 Å². The molecule has 1 amide bonds. The zero-order valence-corrected chi connectivity index (χ0v) is 17.3. The van der Waals surface area contributed by atoms with E-state index in [4.69, 9.17) is 5.73 Å². The lowest BCUT2D eigenvalue weighted by molar-refractivity contribution is -0.145. The first kappa shape index (κ1) is 21.1. The Morgan fingerprint density at radius 1 is 1.10 bits per heavy atom. The lowest BCUT2D eigenvalue weighted by Gasteiger charge is -2.25. The molecule has 0 spiro atoms. The SMILES string of the molecule is N[C@@H](Cc1cccs1)C(=O)C(=O)N1CC(c2cc(F)ccc2F)=CC1c1ccccc1. The van der Waals surface area contributed by atoms with E-state index in [2.05, 4.69) is 0 Å². The van der Waals surface area contributed by atoms with Crippen LogP contribution in [0.25, 0.3) is 5.57 Å². The number of nitrogens with zero attached hydrogens (tertiary/aromatic N) is 1. The van der Waals surface area contributed by atoms with Crippen molar-refractivity contribution >= 4 is 28.6 Å². The van der Waals surface area contributed by atoms with Crippen LogP contribution in [0, 0.1) is 11.6 Å². The van der Waals surface area contributed by atoms with Crippen molar-refractivity contribution in [3.63, 3.8) is 0 Å². The number of carbonyl (C=O) groups excluding carboxylic acids is 2. The minimum Gasteiger partial charge on any atom is -0.321 e. The fourth-order valence-corrected chi connectivity index (χ4v) is 4.46. The number of halogens is 2. The van der Waals surface area contributed by atoms with Crippen molar-refractivity contribution in [3.05, 3.63) is 99.8 Å². The highest BCUT2D eigenvalue weighted by atomic mass is 32.1. The third kappa shape index (κ3) is 4.47. The second-order valence-corrected chi connectivity index (χ2v) is 8.39. The predicted octanol–water partition coefficient (Wildman–Crippen LogP) is 4.13. The molecule has 2 heterocycles. The van der Waals surface area contributed by atoms with Crippen LogP contribution in [0.2, 0.25) is 0 Å². The molecule has 0 aliphatic carbocycles. The van der Waals surface area contributed by atoms with Crippen LogP contribution in [-0.2, 0) is 16.0 Å². The van der Waals surface area contributed by atoms with E-state index in [9.17, 15) is 18.4 Å². The fraction of sp³-hybridized carbons (Fsp3) is 0.167. The van der Waals surface area contributed by atoms with Gasteiger partial charge < -0.3 is 10.6 Å². The van der Waals surface area contributed by atoms with Gasteiger partial charge in [-0.25, -0.2) is 8.78 Å². The molecule has 0 fully saturated rings. The standard InChI is InChI=1S/C24H20F2N2O2S/c25-17-8-9-20(26)19(12-17)16-11-22(15-5-2-1-3-6-15)28(14-16)24(30)23(29)21(27)13-18-7-4-10-31-18/h1-12,21-22H,13-14,27H2/t21-,22?/m0/s1. The summed E-state index contributed by atoms with van der Waals surface area (Å²) < 4.78 is 28.1. The number of amides is 1. The van der Waals surface area contributed by atoms with E-state index < -0.39 is 35.4 Å². The lowest BCUT2D eigenvalue weighted by Crippen LogP contribution is -2.45. The summed E-state index contributed by atoms with van der Waals surface area (Å²) in [4.78, 5) is 28.2. The lowest BCUT2D eigenvalue weighted by atomic mass is 10.0. The monoisotopic (exact) mass is 438 g/mol. The van der Waals surface area contributed by atoms with E-state index in [0.717, 1.165) is 28.6 Å². The molecule has 0 saturated heterocycles. The zero-order valence-electron chi connectivity index (χ0n) is 16.5. The third-order valence-corrected chi connectivity index (χ3v) is 6.16. The van der Waals surface area contributed by atoms with E-state index in [1.165, 1.54) is 16.2 Å². The number of Topliss-reactive ketones (excluding diaryl/α,β-unsaturated/α-hetero) is 1. The number of thiophene rings is 1. The van der Waals surface area contributed by atoms with Crippen LogP contribution in [0.15, 0.2) is 72.1 Å². The van der Waals surface area contributed by atoms with Crippen molar-refractivity contribution in [3.8, 4) is 0 Å². The Kier molecular flexibility index (Phi) is 6.06. The first-order valence-corrected chi connectivity index (χ1v) is 10.7. The van der Waals surface area contributed by atoms with Crippen molar-refractivity contribution in [1.29, 1.82) is 0 Å². The maximum atomic E-state index is 14.4. The van der Waals surface area contributed by atoms with Gasteiger partial charge in [0.05, 0.1) is 12.1 Å². The summed E-state index contributed by atoms with van der Waals surface area (Å²) in [5.41, 5.74) is 7.32. The molecule has 2 N–H and O–H groups in total. The molecule has 0 bridgehead atoms. The van der Waals surface area contributed by atoms with E-state index in [1.807, 2.05) is 47.8 Å². The smallest absolute Gasteiger partial charge is 0.292 e. The van der Waals surface area contributed by atoms with Crippen LogP contribution in [0.1, 0.15) is 22.0 Å². The average molecular weight is 438 g/mol. The molecule has 158 valence electrons. The molecule has 1 unspecified atom stereocenters. The summed E-state index contributed by atoms with van der Waals surface area (Å²) in [5.74, 6) is -2.61. The van der Waals surface area contributed by atoms with Crippen LogP contribution in [-0.4, -0.2) is 29.2 Å². The van der Waals surface area contributed by atoms with Crippen molar-refractivity contribution in [2.45, 2.75) is 18.5 Å². The highest BCUT2D eigenvalue weighted by Crippen LogP contribution is 2.36. The van der Waals surface area contributed by atoms with Gasteiger partial charge in [0.2, 0.25) is 5.78 Å². The molecule has 4 rings (SSSR count). The quantitative estimate of drug-likeness (QED) is 0.589.